The Bertz CT molecular complexity index is 1480. The molecule has 0 spiro atoms. The molecule has 0 aliphatic carbocycles. The number of nitrogens with one attached hydrogen (secondary N) is 1. The van der Waals surface area contributed by atoms with Gasteiger partial charge in [-0.15, -0.1) is 0 Å². The maximum absolute atomic E-state index is 13.1. The van der Waals surface area contributed by atoms with E-state index in [1.807, 2.05) is 27.2 Å². The molecule has 0 aromatic carbocycles. The number of rotatable bonds is 75. The number of aliphatic hydroxyl groups is 1. The largest absolute Gasteiger partial charge is 0.756 e. The normalized spacial score (nSPS) is 13.6. The molecular weight excluding hydrogens is 1100 g/mol. The number of quaternary nitrogens is 1. The predicted molar refractivity (Wildman–Crippen MR) is 385 cm³/mol. The van der Waals surface area contributed by atoms with E-state index >= 15 is 0 Å². The van der Waals surface area contributed by atoms with Crippen LogP contribution in [0.1, 0.15) is 425 Å². The summed E-state index contributed by atoms with van der Waals surface area (Å²) in [4.78, 5) is 25.7. The molecule has 88 heavy (non-hydrogen) atoms. The van der Waals surface area contributed by atoms with E-state index in [1.165, 1.54) is 366 Å². The minimum atomic E-state index is -4.61. The smallest absolute Gasteiger partial charge is 0.268 e. The first-order valence-corrected chi connectivity index (χ1v) is 41.2. The molecule has 0 aromatic heterocycles. The summed E-state index contributed by atoms with van der Waals surface area (Å²) in [6.45, 7) is 4.70. The van der Waals surface area contributed by atoms with Crippen LogP contribution in [-0.4, -0.2) is 68.5 Å². The van der Waals surface area contributed by atoms with Crippen LogP contribution in [-0.2, 0) is 18.4 Å². The molecule has 0 fully saturated rings. The maximum atomic E-state index is 13.1. The first-order chi connectivity index (χ1) is 43.0. The number of nitrogens with zero attached hydrogens (tertiary/aromatic N) is 1. The number of aliphatic hydroxyl groups excluding tert-OH is 1. The van der Waals surface area contributed by atoms with E-state index in [0.29, 0.717) is 17.4 Å². The predicted octanol–water partition coefficient (Wildman–Crippen LogP) is 25.2. The number of phosphoric acid groups is 1. The maximum Gasteiger partial charge on any atom is 0.268 e. The van der Waals surface area contributed by atoms with Gasteiger partial charge in [-0.1, -0.05) is 411 Å². The minimum absolute atomic E-state index is 0.00331. The van der Waals surface area contributed by atoms with Gasteiger partial charge in [0.15, 0.2) is 0 Å². The summed E-state index contributed by atoms with van der Waals surface area (Å²) in [5, 5.41) is 14.0. The molecule has 524 valence electrons. The minimum Gasteiger partial charge on any atom is -0.756 e. The first-order valence-electron chi connectivity index (χ1n) is 39.7. The summed E-state index contributed by atoms with van der Waals surface area (Å²) in [5.41, 5.74) is 0. The number of hydrogen-bond acceptors (Lipinski definition) is 6. The van der Waals surface area contributed by atoms with Crippen LogP contribution in [0.5, 0.6) is 0 Å². The van der Waals surface area contributed by atoms with E-state index < -0.39 is 20.0 Å². The highest BCUT2D eigenvalue weighted by Crippen LogP contribution is 2.38. The molecule has 0 saturated heterocycles. The lowest BCUT2D eigenvalue weighted by atomic mass is 10.0. The number of carbonyl (C=O) groups is 1. The van der Waals surface area contributed by atoms with Crippen molar-refractivity contribution in [3.05, 3.63) is 24.3 Å². The Labute approximate surface area is 551 Å². The average Bonchev–Trinajstić information content (AvgIpc) is 3.70. The molecule has 0 rings (SSSR count). The Hall–Kier alpha value is -1.02. The zero-order chi connectivity index (χ0) is 64.1. The monoisotopic (exact) mass is 1260 g/mol. The Morgan fingerprint density at radius 3 is 0.920 bits per heavy atom. The second-order valence-corrected chi connectivity index (χ2v) is 30.2. The van der Waals surface area contributed by atoms with E-state index in [9.17, 15) is 19.4 Å². The van der Waals surface area contributed by atoms with Crippen molar-refractivity contribution in [2.24, 2.45) is 0 Å². The fraction of sp³-hybridized carbons (Fsp3) is 0.937. The lowest BCUT2D eigenvalue weighted by Gasteiger charge is -2.29. The molecule has 0 aliphatic heterocycles. The standard InChI is InChI=1S/C79H157N2O6P/c1-6-8-10-12-14-16-18-20-22-24-26-28-30-32-34-35-36-37-38-39-40-41-42-43-44-45-46-47-49-51-53-55-57-59-61-63-65-67-69-71-73-79(83)80-77(76-87-88(84,85)86-75-74-81(3,4)5)78(82)72-70-68-66-64-62-60-58-56-54-52-50-48-33-31-29-27-25-23-21-19-17-15-13-11-9-7-2/h62,64,70,72,77-78,82H,6-61,63,65-69,71,73-76H2,1-5H3,(H-,80,83,84,85)/b64-62+,72-70+. The number of amides is 1. The van der Waals surface area contributed by atoms with Gasteiger partial charge in [0.25, 0.3) is 7.82 Å². The lowest BCUT2D eigenvalue weighted by Crippen LogP contribution is -2.45. The third-order valence-corrected chi connectivity index (χ3v) is 19.6. The molecule has 1 amide bonds. The summed E-state index contributed by atoms with van der Waals surface area (Å²) < 4.78 is 23.5. The topological polar surface area (TPSA) is 108 Å². The zero-order valence-electron chi connectivity index (χ0n) is 60.2. The van der Waals surface area contributed by atoms with Crippen molar-refractivity contribution in [3.8, 4) is 0 Å². The van der Waals surface area contributed by atoms with Crippen LogP contribution in [0.25, 0.3) is 0 Å². The van der Waals surface area contributed by atoms with Gasteiger partial charge < -0.3 is 28.8 Å². The molecule has 0 heterocycles. The Morgan fingerprint density at radius 1 is 0.386 bits per heavy atom. The van der Waals surface area contributed by atoms with Crippen molar-refractivity contribution in [1.82, 2.24) is 5.32 Å². The molecule has 0 saturated carbocycles. The van der Waals surface area contributed by atoms with Gasteiger partial charge in [0, 0.05) is 6.42 Å². The average molecular weight is 1260 g/mol. The summed E-state index contributed by atoms with van der Waals surface area (Å²) in [6.07, 6.45) is 93.6. The quantitative estimate of drug-likeness (QED) is 0.0272. The van der Waals surface area contributed by atoms with Crippen LogP contribution >= 0.6 is 7.82 Å². The number of unbranched alkanes of at least 4 members (excludes halogenated alkanes) is 60. The van der Waals surface area contributed by atoms with Crippen molar-refractivity contribution in [2.45, 2.75) is 437 Å². The highest BCUT2D eigenvalue weighted by atomic mass is 31.2. The lowest BCUT2D eigenvalue weighted by molar-refractivity contribution is -0.870. The fourth-order valence-electron chi connectivity index (χ4n) is 12.5. The number of likely N-dealkylation sites (N-methyl/N-ethyl adjacent to an activating group) is 1. The number of hydrogen-bond donors (Lipinski definition) is 2. The van der Waals surface area contributed by atoms with Gasteiger partial charge in [0.1, 0.15) is 13.2 Å². The van der Waals surface area contributed by atoms with E-state index in [1.54, 1.807) is 6.08 Å². The molecule has 8 nitrogen and oxygen atoms in total. The summed E-state index contributed by atoms with van der Waals surface area (Å²) in [7, 11) is 1.27. The Morgan fingerprint density at radius 2 is 0.636 bits per heavy atom. The molecule has 3 unspecified atom stereocenters. The third kappa shape index (κ3) is 72.4. The molecule has 0 aliphatic rings. The van der Waals surface area contributed by atoms with Gasteiger partial charge in [0.05, 0.1) is 39.9 Å². The second kappa shape index (κ2) is 70.3. The number of allylic oxidation sites excluding steroid dienone is 3. The highest BCUT2D eigenvalue weighted by Gasteiger charge is 2.23. The van der Waals surface area contributed by atoms with E-state index in [0.717, 1.165) is 38.5 Å². The van der Waals surface area contributed by atoms with Crippen LogP contribution in [0.2, 0.25) is 0 Å². The third-order valence-electron chi connectivity index (χ3n) is 18.7. The van der Waals surface area contributed by atoms with Crippen molar-refractivity contribution in [1.29, 1.82) is 0 Å². The summed E-state index contributed by atoms with van der Waals surface area (Å²) in [5.74, 6) is -0.197. The van der Waals surface area contributed by atoms with Gasteiger partial charge in [-0.2, -0.15) is 0 Å². The Balaban J connectivity index is 3.92. The van der Waals surface area contributed by atoms with E-state index in [4.69, 9.17) is 9.05 Å². The molecule has 0 radical (unpaired) electrons. The highest BCUT2D eigenvalue weighted by molar-refractivity contribution is 7.45. The first kappa shape index (κ1) is 87.0. The van der Waals surface area contributed by atoms with Crippen LogP contribution in [0.4, 0.5) is 0 Å². The number of carbonyl (C=O) groups excluding carboxylic acids is 1. The van der Waals surface area contributed by atoms with Crippen LogP contribution in [0, 0.1) is 0 Å². The molecule has 3 atom stereocenters. The molecule has 0 bridgehead atoms. The van der Waals surface area contributed by atoms with Crippen molar-refractivity contribution < 1.29 is 32.9 Å². The molecule has 9 heteroatoms. The summed E-state index contributed by atoms with van der Waals surface area (Å²) >= 11 is 0. The number of phosphoric ester groups is 1. The van der Waals surface area contributed by atoms with Gasteiger partial charge in [0.2, 0.25) is 5.91 Å². The van der Waals surface area contributed by atoms with Crippen LogP contribution < -0.4 is 10.2 Å². The SMILES string of the molecule is CCCCCCCCCCCCCCCCCCCCCC/C=C/CC/C=C/C(O)C(COP(=O)([O-])OCC[N+](C)(C)C)NC(=O)CCCCCCCCCCCCCCCCCCCCCCCCCCCCCCCCCCCCCCCCCC. The van der Waals surface area contributed by atoms with E-state index in [-0.39, 0.29) is 19.1 Å². The molecule has 2 N–H and O–H groups in total. The van der Waals surface area contributed by atoms with Gasteiger partial charge in [-0.05, 0) is 32.1 Å². The molecule has 0 aromatic rings. The summed E-state index contributed by atoms with van der Waals surface area (Å²) in [6, 6.07) is -0.902. The van der Waals surface area contributed by atoms with Crippen LogP contribution in [0.15, 0.2) is 24.3 Å². The van der Waals surface area contributed by atoms with Crippen LogP contribution in [0.3, 0.4) is 0 Å². The van der Waals surface area contributed by atoms with Crippen molar-refractivity contribution in [2.75, 3.05) is 40.9 Å². The van der Waals surface area contributed by atoms with Crippen molar-refractivity contribution >= 4 is 13.7 Å². The zero-order valence-corrected chi connectivity index (χ0v) is 61.1. The fourth-order valence-corrected chi connectivity index (χ4v) is 13.3. The van der Waals surface area contributed by atoms with Gasteiger partial charge >= 0.3 is 0 Å². The van der Waals surface area contributed by atoms with E-state index in [2.05, 4.69) is 31.3 Å². The van der Waals surface area contributed by atoms with Crippen molar-refractivity contribution in [3.63, 3.8) is 0 Å². The van der Waals surface area contributed by atoms with Gasteiger partial charge in [-0.3, -0.25) is 9.36 Å². The Kier molecular flexibility index (Phi) is 69.5. The molecular formula is C79H157N2O6P. The second-order valence-electron chi connectivity index (χ2n) is 28.8. The van der Waals surface area contributed by atoms with Gasteiger partial charge in [-0.25, -0.2) is 0 Å².